The summed E-state index contributed by atoms with van der Waals surface area (Å²) in [5.74, 6) is 2.48. The Hall–Kier alpha value is -3.95. The van der Waals surface area contributed by atoms with Gasteiger partial charge in [-0.1, -0.05) is 6.07 Å². The summed E-state index contributed by atoms with van der Waals surface area (Å²) in [6, 6.07) is 10.4. The first-order valence-corrected chi connectivity index (χ1v) is 11.2. The number of carbonyl (C=O) groups excluding carboxylic acids is 1. The highest BCUT2D eigenvalue weighted by Crippen LogP contribution is 2.42. The maximum atomic E-state index is 13.3. The molecule has 5 heterocycles. The van der Waals surface area contributed by atoms with Gasteiger partial charge in [-0.25, -0.2) is 9.97 Å². The van der Waals surface area contributed by atoms with Crippen LogP contribution in [0.15, 0.2) is 58.1 Å². The third-order valence-corrected chi connectivity index (χ3v) is 6.25. The molecule has 10 heteroatoms. The highest BCUT2D eigenvalue weighted by atomic mass is 16.3. The second-order valence-electron chi connectivity index (χ2n) is 8.39. The Morgan fingerprint density at radius 3 is 2.82 bits per heavy atom. The monoisotopic (exact) mass is 465 g/mol. The van der Waals surface area contributed by atoms with Crippen molar-refractivity contribution in [3.05, 3.63) is 76.5 Å². The highest BCUT2D eigenvalue weighted by Gasteiger charge is 2.43. The molecule has 1 amide bonds. The normalized spacial score (nSPS) is 20.5. The van der Waals surface area contributed by atoms with Crippen LogP contribution in [0.4, 0.5) is 5.82 Å². The van der Waals surface area contributed by atoms with E-state index in [1.165, 1.54) is 0 Å². The Labute approximate surface area is 196 Å². The van der Waals surface area contributed by atoms with Crippen molar-refractivity contribution >= 4 is 18.2 Å². The van der Waals surface area contributed by atoms with Gasteiger partial charge in [0.05, 0.1) is 6.26 Å². The predicted octanol–water partition coefficient (Wildman–Crippen LogP) is 1.76. The molecule has 3 aromatic heterocycles. The Bertz CT molecular complexity index is 1190. The van der Waals surface area contributed by atoms with Gasteiger partial charge >= 0.3 is 0 Å². The lowest BCUT2D eigenvalue weighted by atomic mass is 9.78. The molecule has 5 rings (SSSR count). The number of aromatic nitrogens is 3. The number of pyridine rings is 1. The fourth-order valence-corrected chi connectivity index (χ4v) is 4.95. The van der Waals surface area contributed by atoms with Crippen LogP contribution in [0.1, 0.15) is 35.7 Å². The van der Waals surface area contributed by atoms with Crippen LogP contribution in [0, 0.1) is 12.8 Å². The molecule has 10 nitrogen and oxygen atoms in total. The van der Waals surface area contributed by atoms with E-state index in [1.54, 1.807) is 29.2 Å². The van der Waals surface area contributed by atoms with Crippen LogP contribution in [0.3, 0.4) is 0 Å². The molecule has 0 aliphatic carbocycles. The van der Waals surface area contributed by atoms with E-state index in [1.807, 2.05) is 31.2 Å². The molecule has 2 bridgehead atoms. The van der Waals surface area contributed by atoms with Crippen molar-refractivity contribution in [3.63, 3.8) is 0 Å². The lowest BCUT2D eigenvalue weighted by Gasteiger charge is -2.46. The van der Waals surface area contributed by atoms with Crippen molar-refractivity contribution in [1.29, 1.82) is 0 Å². The largest absolute Gasteiger partial charge is 0.483 e. The fourth-order valence-electron chi connectivity index (χ4n) is 4.95. The molecule has 1 saturated heterocycles. The van der Waals surface area contributed by atoms with Crippen molar-refractivity contribution < 1.29 is 19.1 Å². The number of carbonyl (C=O) groups is 2. The first-order chi connectivity index (χ1) is 16.5. The van der Waals surface area contributed by atoms with Crippen molar-refractivity contribution in [3.8, 4) is 0 Å². The molecule has 2 aliphatic heterocycles. The smallest absolute Gasteiger partial charge is 0.290 e. The van der Waals surface area contributed by atoms with Gasteiger partial charge in [0, 0.05) is 55.8 Å². The highest BCUT2D eigenvalue weighted by molar-refractivity contribution is 5.81. The molecule has 34 heavy (non-hydrogen) atoms. The second-order valence-corrected chi connectivity index (χ2v) is 8.39. The summed E-state index contributed by atoms with van der Waals surface area (Å²) in [7, 11) is 0. The van der Waals surface area contributed by atoms with Gasteiger partial charge in [0.1, 0.15) is 23.4 Å². The van der Waals surface area contributed by atoms with Crippen LogP contribution in [0.5, 0.6) is 0 Å². The maximum absolute atomic E-state index is 13.3. The lowest BCUT2D eigenvalue weighted by Crippen LogP contribution is -2.53. The number of nitrogens with zero attached hydrogens (tertiary/aromatic N) is 4. The quantitative estimate of drug-likeness (QED) is 0.545. The average Bonchev–Trinajstić information content (AvgIpc) is 3.34. The maximum Gasteiger partial charge on any atom is 0.290 e. The Balaban J connectivity index is 0.000000868. The number of piperidine rings is 1. The summed E-state index contributed by atoms with van der Waals surface area (Å²) in [6.45, 7) is 3.52. The molecule has 0 spiro atoms. The van der Waals surface area contributed by atoms with E-state index in [-0.39, 0.29) is 29.8 Å². The molecule has 1 fully saturated rings. The van der Waals surface area contributed by atoms with Gasteiger partial charge in [0.15, 0.2) is 0 Å². The number of hydrogen-bond donors (Lipinski definition) is 2. The van der Waals surface area contributed by atoms with E-state index in [9.17, 15) is 9.59 Å². The fraction of sp³-hybridized carbons (Fsp3) is 0.375. The van der Waals surface area contributed by atoms with Gasteiger partial charge in [0.25, 0.3) is 12.0 Å². The van der Waals surface area contributed by atoms with Gasteiger partial charge in [-0.15, -0.1) is 0 Å². The molecule has 178 valence electrons. The van der Waals surface area contributed by atoms with Crippen LogP contribution in [-0.4, -0.2) is 51.7 Å². The molecule has 0 radical (unpaired) electrons. The molecular weight excluding hydrogens is 438 g/mol. The van der Waals surface area contributed by atoms with Crippen molar-refractivity contribution in [1.82, 2.24) is 19.9 Å². The Morgan fingerprint density at radius 2 is 2.09 bits per heavy atom. The van der Waals surface area contributed by atoms with Crippen LogP contribution in [0.25, 0.3) is 0 Å². The van der Waals surface area contributed by atoms with Crippen molar-refractivity contribution in [2.45, 2.75) is 31.7 Å². The summed E-state index contributed by atoms with van der Waals surface area (Å²) in [6.07, 6.45) is 4.88. The number of furan rings is 1. The van der Waals surface area contributed by atoms with Crippen LogP contribution >= 0.6 is 0 Å². The number of amides is 1. The molecule has 3 aromatic rings. The van der Waals surface area contributed by atoms with E-state index in [4.69, 9.17) is 14.3 Å². The van der Waals surface area contributed by atoms with Gasteiger partial charge in [0.2, 0.25) is 5.91 Å². The molecular formula is C24H27N5O5. The summed E-state index contributed by atoms with van der Waals surface area (Å²) in [5, 5.41) is 9.91. The predicted molar refractivity (Wildman–Crippen MR) is 124 cm³/mol. The summed E-state index contributed by atoms with van der Waals surface area (Å²) in [4.78, 5) is 45.5. The van der Waals surface area contributed by atoms with Crippen LogP contribution < -0.4 is 15.8 Å². The molecule has 2 N–H and O–H groups in total. The molecule has 0 saturated carbocycles. The number of carboxylic acid groups (broad SMARTS) is 1. The standard InChI is InChI=1S/C23H25N5O3.CH2O2/c1-15-24-10-8-20(26-15)27-13-16-12-17(14-27)22(28-19(16)5-2-6-21(28)29)23(30)25-9-7-18-4-3-11-31-18;2-1-3/h2-6,8,10-11,16-17,22H,7,9,12-14H2,1H3,(H,25,30);1H,(H,2,3)/t16-,17+,22-;/m1./s1. The van der Waals surface area contributed by atoms with Crippen molar-refractivity contribution in [2.24, 2.45) is 5.92 Å². The van der Waals surface area contributed by atoms with Gasteiger partial charge in [-0.2, -0.15) is 0 Å². The number of rotatable bonds is 5. The molecule has 0 aromatic carbocycles. The van der Waals surface area contributed by atoms with E-state index >= 15 is 0 Å². The first kappa shape index (κ1) is 23.2. The molecule has 3 atom stereocenters. The first-order valence-electron chi connectivity index (χ1n) is 11.2. The minimum atomic E-state index is -0.540. The summed E-state index contributed by atoms with van der Waals surface area (Å²) >= 11 is 0. The van der Waals surface area contributed by atoms with E-state index in [2.05, 4.69) is 20.2 Å². The zero-order valence-electron chi connectivity index (χ0n) is 18.8. The number of hydrogen-bond acceptors (Lipinski definition) is 7. The van der Waals surface area contributed by atoms with Gasteiger partial charge in [-0.3, -0.25) is 19.0 Å². The van der Waals surface area contributed by atoms with Crippen LogP contribution in [-0.2, 0) is 16.0 Å². The topological polar surface area (TPSA) is 131 Å². The number of anilines is 1. The number of fused-ring (bicyclic) bond motifs is 4. The zero-order valence-corrected chi connectivity index (χ0v) is 18.8. The Morgan fingerprint density at radius 1 is 1.26 bits per heavy atom. The van der Waals surface area contributed by atoms with Gasteiger partial charge in [-0.05, 0) is 37.6 Å². The second kappa shape index (κ2) is 10.3. The van der Waals surface area contributed by atoms with Gasteiger partial charge < -0.3 is 19.7 Å². The zero-order chi connectivity index (χ0) is 24.1. The summed E-state index contributed by atoms with van der Waals surface area (Å²) < 4.78 is 7.06. The third-order valence-electron chi connectivity index (χ3n) is 6.25. The molecule has 0 unspecified atom stereocenters. The third kappa shape index (κ3) is 4.85. The minimum Gasteiger partial charge on any atom is -0.483 e. The number of nitrogens with one attached hydrogen (secondary N) is 1. The van der Waals surface area contributed by atoms with Crippen molar-refractivity contribution in [2.75, 3.05) is 24.5 Å². The van der Waals surface area contributed by atoms with Crippen LogP contribution in [0.2, 0.25) is 0 Å². The minimum absolute atomic E-state index is 0.0187. The number of aryl methyl sites for hydroxylation is 1. The lowest BCUT2D eigenvalue weighted by molar-refractivity contribution is -0.127. The summed E-state index contributed by atoms with van der Waals surface area (Å²) in [5.41, 5.74) is 0.801. The SMILES string of the molecule is Cc1nccc(N2C[C@H]3C[C@@H](C2)[C@H](C(=O)NCCc2ccco2)n2c3cccc2=O)n1.O=CO. The Kier molecular flexibility index (Phi) is 7.05. The van der Waals surface area contributed by atoms with E-state index in [0.29, 0.717) is 19.5 Å². The molecule has 2 aliphatic rings. The van der Waals surface area contributed by atoms with E-state index < -0.39 is 6.04 Å². The van der Waals surface area contributed by atoms with E-state index in [0.717, 1.165) is 36.1 Å². The average molecular weight is 466 g/mol.